The second kappa shape index (κ2) is 11.2. The number of amides is 1. The van der Waals surface area contributed by atoms with Crippen LogP contribution in [0.25, 0.3) is 0 Å². The van der Waals surface area contributed by atoms with E-state index in [0.717, 1.165) is 18.4 Å². The summed E-state index contributed by atoms with van der Waals surface area (Å²) in [5.74, 6) is 1.53. The van der Waals surface area contributed by atoms with Crippen LogP contribution in [0.1, 0.15) is 35.8 Å². The van der Waals surface area contributed by atoms with Crippen LogP contribution in [0, 0.1) is 0 Å². The minimum atomic E-state index is -0.200. The number of methoxy groups -OCH3 is 1. The zero-order valence-corrected chi connectivity index (χ0v) is 18.8. The maximum absolute atomic E-state index is 13.0. The topological polar surface area (TPSA) is 115 Å². The molecule has 0 aliphatic carbocycles. The average molecular weight is 451 g/mol. The number of rotatable bonds is 10. The summed E-state index contributed by atoms with van der Waals surface area (Å²) in [6, 6.07) is 5.81. The maximum atomic E-state index is 13.0. The van der Waals surface area contributed by atoms with E-state index in [2.05, 4.69) is 16.0 Å². The lowest BCUT2D eigenvalue weighted by molar-refractivity contribution is 0.0901. The van der Waals surface area contributed by atoms with Crippen LogP contribution in [0.15, 0.2) is 18.2 Å². The fourth-order valence-corrected chi connectivity index (χ4v) is 3.80. The third kappa shape index (κ3) is 5.81. The number of carbonyl (C=O) groups is 1. The third-order valence-corrected chi connectivity index (χ3v) is 5.36. The Morgan fingerprint density at radius 3 is 2.81 bits per heavy atom. The molecule has 1 saturated heterocycles. The summed E-state index contributed by atoms with van der Waals surface area (Å²) in [5.41, 5.74) is 7.05. The van der Waals surface area contributed by atoms with Gasteiger partial charge in [-0.3, -0.25) is 9.36 Å². The zero-order valence-electron chi connectivity index (χ0n) is 18.0. The smallest absolute Gasteiger partial charge is 0.271 e. The molecule has 1 aliphatic heterocycles. The molecule has 0 saturated carbocycles. The molecule has 1 aliphatic rings. The fourth-order valence-electron chi connectivity index (χ4n) is 3.52. The standard InChI is InChI=1S/C21H31ClN6O3/c1-3-24-20(29)18-19(25-9-8-23)27-21(26-15-6-10-31-11-7-15)28(18)13-14-4-5-17(30-2)16(22)12-14/h4-5,12,15,25H,3,6-11,13,23H2,1-2H3,(H,24,29)(H,26,27). The minimum absolute atomic E-state index is 0.200. The number of ether oxygens (including phenoxy) is 2. The Balaban J connectivity index is 2.00. The zero-order chi connectivity index (χ0) is 22.2. The summed E-state index contributed by atoms with van der Waals surface area (Å²) in [6.45, 7) is 5.15. The van der Waals surface area contributed by atoms with Gasteiger partial charge < -0.3 is 31.2 Å². The number of nitrogens with zero attached hydrogens (tertiary/aromatic N) is 2. The normalized spacial score (nSPS) is 14.3. The van der Waals surface area contributed by atoms with Gasteiger partial charge in [-0.05, 0) is 37.5 Å². The van der Waals surface area contributed by atoms with Gasteiger partial charge in [0, 0.05) is 38.9 Å². The number of anilines is 2. The molecule has 0 atom stereocenters. The van der Waals surface area contributed by atoms with Crippen LogP contribution in [0.3, 0.4) is 0 Å². The number of aromatic nitrogens is 2. The Kier molecular flexibility index (Phi) is 8.39. The number of imidazole rings is 1. The quantitative estimate of drug-likeness (QED) is 0.439. The van der Waals surface area contributed by atoms with Gasteiger partial charge in [-0.25, -0.2) is 0 Å². The largest absolute Gasteiger partial charge is 0.495 e. The molecular weight excluding hydrogens is 420 g/mol. The van der Waals surface area contributed by atoms with Gasteiger partial charge in [0.25, 0.3) is 5.91 Å². The number of carbonyl (C=O) groups excluding carboxylic acids is 1. The number of nitrogens with one attached hydrogen (secondary N) is 3. The van der Waals surface area contributed by atoms with Crippen molar-refractivity contribution in [1.82, 2.24) is 14.9 Å². The second-order valence-electron chi connectivity index (χ2n) is 7.29. The van der Waals surface area contributed by atoms with Gasteiger partial charge >= 0.3 is 0 Å². The molecule has 9 nitrogen and oxygen atoms in total. The van der Waals surface area contributed by atoms with Crippen molar-refractivity contribution in [1.29, 1.82) is 0 Å². The molecule has 170 valence electrons. The Hall–Kier alpha value is -2.49. The first kappa shape index (κ1) is 23.2. The lowest BCUT2D eigenvalue weighted by atomic mass is 10.1. The van der Waals surface area contributed by atoms with Gasteiger partial charge in [-0.1, -0.05) is 17.7 Å². The minimum Gasteiger partial charge on any atom is -0.495 e. The third-order valence-electron chi connectivity index (χ3n) is 5.07. The van der Waals surface area contributed by atoms with E-state index in [1.807, 2.05) is 29.7 Å². The Labute approximate surface area is 187 Å². The molecule has 1 aromatic heterocycles. The van der Waals surface area contributed by atoms with E-state index in [-0.39, 0.29) is 11.9 Å². The lowest BCUT2D eigenvalue weighted by Crippen LogP contribution is -2.30. The first-order valence-corrected chi connectivity index (χ1v) is 10.9. The molecule has 10 heteroatoms. The molecule has 31 heavy (non-hydrogen) atoms. The Morgan fingerprint density at radius 1 is 1.39 bits per heavy atom. The molecule has 2 heterocycles. The molecule has 0 unspecified atom stereocenters. The fraction of sp³-hybridized carbons (Fsp3) is 0.524. The summed E-state index contributed by atoms with van der Waals surface area (Å²) in [5, 5.41) is 10.1. The van der Waals surface area contributed by atoms with E-state index in [4.69, 9.17) is 31.8 Å². The summed E-state index contributed by atoms with van der Waals surface area (Å²) in [7, 11) is 1.58. The maximum Gasteiger partial charge on any atom is 0.271 e. The highest BCUT2D eigenvalue weighted by molar-refractivity contribution is 6.32. The van der Waals surface area contributed by atoms with Gasteiger partial charge in [-0.2, -0.15) is 4.98 Å². The first-order valence-electron chi connectivity index (χ1n) is 10.6. The Bertz CT molecular complexity index is 882. The summed E-state index contributed by atoms with van der Waals surface area (Å²) in [4.78, 5) is 17.7. The molecule has 3 rings (SSSR count). The predicted octanol–water partition coefficient (Wildman–Crippen LogP) is 2.30. The molecule has 0 radical (unpaired) electrons. The van der Waals surface area contributed by atoms with Crippen LogP contribution in [-0.4, -0.2) is 61.5 Å². The molecule has 1 amide bonds. The van der Waals surface area contributed by atoms with Crippen LogP contribution in [0.2, 0.25) is 5.02 Å². The van der Waals surface area contributed by atoms with Crippen molar-refractivity contribution < 1.29 is 14.3 Å². The van der Waals surface area contributed by atoms with Crippen LogP contribution in [-0.2, 0) is 11.3 Å². The van der Waals surface area contributed by atoms with Crippen LogP contribution < -0.4 is 26.4 Å². The van der Waals surface area contributed by atoms with Crippen molar-refractivity contribution in [2.75, 3.05) is 50.6 Å². The van der Waals surface area contributed by atoms with E-state index in [1.54, 1.807) is 7.11 Å². The predicted molar refractivity (Wildman–Crippen MR) is 122 cm³/mol. The lowest BCUT2D eigenvalue weighted by Gasteiger charge is -2.24. The highest BCUT2D eigenvalue weighted by Gasteiger charge is 2.25. The number of hydrogen-bond acceptors (Lipinski definition) is 7. The number of halogens is 1. The van der Waals surface area contributed by atoms with Crippen LogP contribution in [0.4, 0.5) is 11.8 Å². The molecular formula is C21H31ClN6O3. The number of benzene rings is 1. The summed E-state index contributed by atoms with van der Waals surface area (Å²) in [6.07, 6.45) is 1.76. The molecule has 0 spiro atoms. The summed E-state index contributed by atoms with van der Waals surface area (Å²) < 4.78 is 12.6. The molecule has 1 fully saturated rings. The SMILES string of the molecule is CCNC(=O)c1c(NCCN)nc(NC2CCOCC2)n1Cc1ccc(OC)c(Cl)c1. The molecule has 2 aromatic rings. The first-order chi connectivity index (χ1) is 15.1. The van der Waals surface area contributed by atoms with E-state index in [1.165, 1.54) is 0 Å². The van der Waals surface area contributed by atoms with Gasteiger partial charge in [0.15, 0.2) is 11.5 Å². The summed E-state index contributed by atoms with van der Waals surface area (Å²) >= 11 is 6.33. The molecule has 1 aromatic carbocycles. The van der Waals surface area contributed by atoms with Crippen molar-refractivity contribution in [2.24, 2.45) is 5.73 Å². The van der Waals surface area contributed by atoms with Crippen molar-refractivity contribution in [3.8, 4) is 5.75 Å². The van der Waals surface area contributed by atoms with Crippen molar-refractivity contribution in [2.45, 2.75) is 32.4 Å². The van der Waals surface area contributed by atoms with Crippen molar-refractivity contribution >= 4 is 29.3 Å². The van der Waals surface area contributed by atoms with E-state index >= 15 is 0 Å². The van der Waals surface area contributed by atoms with Crippen molar-refractivity contribution in [3.05, 3.63) is 34.5 Å². The van der Waals surface area contributed by atoms with Crippen LogP contribution in [0.5, 0.6) is 5.75 Å². The Morgan fingerprint density at radius 2 is 2.16 bits per heavy atom. The number of hydrogen-bond donors (Lipinski definition) is 4. The van der Waals surface area contributed by atoms with E-state index < -0.39 is 0 Å². The highest BCUT2D eigenvalue weighted by atomic mass is 35.5. The number of nitrogens with two attached hydrogens (primary N) is 1. The highest BCUT2D eigenvalue weighted by Crippen LogP contribution is 2.28. The van der Waals surface area contributed by atoms with Gasteiger partial charge in [0.1, 0.15) is 5.75 Å². The molecule has 5 N–H and O–H groups in total. The van der Waals surface area contributed by atoms with Crippen LogP contribution >= 0.6 is 11.6 Å². The second-order valence-corrected chi connectivity index (χ2v) is 7.70. The van der Waals surface area contributed by atoms with E-state index in [9.17, 15) is 4.79 Å². The van der Waals surface area contributed by atoms with Crippen molar-refractivity contribution in [3.63, 3.8) is 0 Å². The molecule has 0 bridgehead atoms. The van der Waals surface area contributed by atoms with Gasteiger partial charge in [0.05, 0.1) is 18.7 Å². The van der Waals surface area contributed by atoms with Gasteiger partial charge in [0.2, 0.25) is 5.95 Å². The van der Waals surface area contributed by atoms with Gasteiger partial charge in [-0.15, -0.1) is 0 Å². The average Bonchev–Trinajstić information content (AvgIpc) is 3.10. The monoisotopic (exact) mass is 450 g/mol. The van der Waals surface area contributed by atoms with E-state index in [0.29, 0.717) is 67.6 Å².